The van der Waals surface area contributed by atoms with Gasteiger partial charge in [0.15, 0.2) is 11.5 Å². The molecule has 1 N–H and O–H groups in total. The Hall–Kier alpha value is -2.20. The number of rotatable bonds is 6. The Morgan fingerprint density at radius 3 is 2.84 bits per heavy atom. The van der Waals surface area contributed by atoms with Gasteiger partial charge in [0, 0.05) is 30.8 Å². The van der Waals surface area contributed by atoms with Crippen molar-refractivity contribution in [3.8, 4) is 17.2 Å². The molecule has 4 nitrogen and oxygen atoms in total. The molecule has 0 fully saturated rings. The maximum Gasteiger partial charge on any atom is 0.162 e. The predicted octanol–water partition coefficient (Wildman–Crippen LogP) is 4.35. The van der Waals surface area contributed by atoms with Gasteiger partial charge >= 0.3 is 0 Å². The van der Waals surface area contributed by atoms with Crippen LogP contribution in [0.3, 0.4) is 0 Å². The molecule has 0 aromatic heterocycles. The van der Waals surface area contributed by atoms with E-state index < -0.39 is 0 Å². The van der Waals surface area contributed by atoms with Crippen molar-refractivity contribution in [2.45, 2.75) is 45.4 Å². The number of hydrogen-bond donors (Lipinski definition) is 1. The fourth-order valence-corrected chi connectivity index (χ4v) is 3.36. The van der Waals surface area contributed by atoms with Crippen LogP contribution < -0.4 is 9.47 Å². The average molecular weight is 341 g/mol. The number of phenolic OH excluding ortho intramolecular Hbond substituents is 1. The third-order valence-electron chi connectivity index (χ3n) is 4.70. The summed E-state index contributed by atoms with van der Waals surface area (Å²) in [6, 6.07) is 13.9. The van der Waals surface area contributed by atoms with Gasteiger partial charge in [0.25, 0.3) is 0 Å². The summed E-state index contributed by atoms with van der Waals surface area (Å²) in [7, 11) is 1.58. The second-order valence-corrected chi connectivity index (χ2v) is 6.63. The fraction of sp³-hybridized carbons (Fsp3) is 0.429. The molecule has 0 radical (unpaired) electrons. The van der Waals surface area contributed by atoms with Crippen LogP contribution in [0, 0.1) is 0 Å². The van der Waals surface area contributed by atoms with Crippen LogP contribution in [0.2, 0.25) is 0 Å². The first kappa shape index (κ1) is 17.6. The zero-order valence-corrected chi connectivity index (χ0v) is 15.1. The first-order chi connectivity index (χ1) is 12.2. The summed E-state index contributed by atoms with van der Waals surface area (Å²) < 4.78 is 11.5. The van der Waals surface area contributed by atoms with E-state index in [2.05, 4.69) is 30.0 Å². The molecule has 1 heterocycles. The summed E-state index contributed by atoms with van der Waals surface area (Å²) in [5, 5.41) is 10.4. The number of unbranched alkanes of at least 4 members (excludes halogenated alkanes) is 1. The van der Waals surface area contributed by atoms with Gasteiger partial charge in [-0.15, -0.1) is 0 Å². The standard InChI is InChI=1S/C21H27NO3/c1-3-4-10-18-15-22(13-16-8-5-6-11-19(16)25-18)14-17-9-7-12-20(24-2)21(17)23/h5-9,11-12,18,23H,3-4,10,13-15H2,1-2H3. The third-order valence-corrected chi connectivity index (χ3v) is 4.70. The molecular weight excluding hydrogens is 314 g/mol. The van der Waals surface area contributed by atoms with Crippen LogP contribution in [-0.2, 0) is 13.1 Å². The van der Waals surface area contributed by atoms with Gasteiger partial charge in [-0.25, -0.2) is 0 Å². The van der Waals surface area contributed by atoms with E-state index >= 15 is 0 Å². The van der Waals surface area contributed by atoms with Crippen molar-refractivity contribution >= 4 is 0 Å². The highest BCUT2D eigenvalue weighted by molar-refractivity contribution is 5.45. The number of ether oxygens (including phenoxy) is 2. The molecule has 0 saturated carbocycles. The normalized spacial score (nSPS) is 17.4. The lowest BCUT2D eigenvalue weighted by atomic mass is 10.1. The highest BCUT2D eigenvalue weighted by atomic mass is 16.5. The molecule has 0 bridgehead atoms. The molecule has 134 valence electrons. The second kappa shape index (κ2) is 8.26. The molecule has 1 unspecified atom stereocenters. The van der Waals surface area contributed by atoms with E-state index in [1.807, 2.05) is 18.2 Å². The molecule has 3 rings (SSSR count). The van der Waals surface area contributed by atoms with E-state index in [1.54, 1.807) is 13.2 Å². The lowest BCUT2D eigenvalue weighted by Gasteiger charge is -2.24. The Labute approximate surface area is 150 Å². The summed E-state index contributed by atoms with van der Waals surface area (Å²) in [5.41, 5.74) is 2.08. The molecular formula is C21H27NO3. The topological polar surface area (TPSA) is 41.9 Å². The van der Waals surface area contributed by atoms with Crippen molar-refractivity contribution in [3.63, 3.8) is 0 Å². The lowest BCUT2D eigenvalue weighted by molar-refractivity contribution is 0.132. The smallest absolute Gasteiger partial charge is 0.162 e. The van der Waals surface area contributed by atoms with Gasteiger partial charge in [-0.3, -0.25) is 4.90 Å². The maximum absolute atomic E-state index is 10.4. The van der Waals surface area contributed by atoms with Crippen LogP contribution in [0.1, 0.15) is 37.3 Å². The number of fused-ring (bicyclic) bond motifs is 1. The fourth-order valence-electron chi connectivity index (χ4n) is 3.36. The van der Waals surface area contributed by atoms with Gasteiger partial charge in [0.1, 0.15) is 11.9 Å². The van der Waals surface area contributed by atoms with Crippen molar-refractivity contribution in [2.24, 2.45) is 0 Å². The summed E-state index contributed by atoms with van der Waals surface area (Å²) in [6.07, 6.45) is 3.55. The minimum Gasteiger partial charge on any atom is -0.504 e. The SMILES string of the molecule is CCCCC1CN(Cc2cccc(OC)c2O)Cc2ccccc2O1. The van der Waals surface area contributed by atoms with E-state index in [0.717, 1.165) is 43.7 Å². The van der Waals surface area contributed by atoms with Crippen LogP contribution in [0.15, 0.2) is 42.5 Å². The zero-order valence-electron chi connectivity index (χ0n) is 15.1. The quantitative estimate of drug-likeness (QED) is 0.848. The van der Waals surface area contributed by atoms with Gasteiger partial charge in [-0.1, -0.05) is 43.7 Å². The van der Waals surface area contributed by atoms with E-state index in [-0.39, 0.29) is 11.9 Å². The van der Waals surface area contributed by atoms with E-state index in [4.69, 9.17) is 9.47 Å². The lowest BCUT2D eigenvalue weighted by Crippen LogP contribution is -2.32. The molecule has 0 aliphatic carbocycles. The molecule has 2 aromatic carbocycles. The van der Waals surface area contributed by atoms with Gasteiger partial charge in [-0.05, 0) is 25.0 Å². The largest absolute Gasteiger partial charge is 0.504 e. The minimum absolute atomic E-state index is 0.177. The molecule has 1 aliphatic heterocycles. The Morgan fingerprint density at radius 1 is 1.20 bits per heavy atom. The minimum atomic E-state index is 0.177. The first-order valence-electron chi connectivity index (χ1n) is 9.03. The van der Waals surface area contributed by atoms with Crippen LogP contribution in [-0.4, -0.2) is 29.8 Å². The third kappa shape index (κ3) is 4.26. The van der Waals surface area contributed by atoms with Crippen molar-refractivity contribution in [3.05, 3.63) is 53.6 Å². The van der Waals surface area contributed by atoms with E-state index in [0.29, 0.717) is 12.3 Å². The summed E-state index contributed by atoms with van der Waals surface area (Å²) in [6.45, 7) is 4.54. The van der Waals surface area contributed by atoms with Crippen LogP contribution in [0.5, 0.6) is 17.2 Å². The Balaban J connectivity index is 1.82. The Kier molecular flexibility index (Phi) is 5.82. The van der Waals surface area contributed by atoms with Gasteiger partial charge < -0.3 is 14.6 Å². The molecule has 2 aromatic rings. The molecule has 0 amide bonds. The highest BCUT2D eigenvalue weighted by Crippen LogP contribution is 2.32. The van der Waals surface area contributed by atoms with Crippen LogP contribution in [0.25, 0.3) is 0 Å². The molecule has 1 aliphatic rings. The monoisotopic (exact) mass is 341 g/mol. The Bertz CT molecular complexity index is 701. The van der Waals surface area contributed by atoms with Crippen molar-refractivity contribution in [1.29, 1.82) is 0 Å². The Morgan fingerprint density at radius 2 is 2.04 bits per heavy atom. The zero-order chi connectivity index (χ0) is 17.6. The average Bonchev–Trinajstić information content (AvgIpc) is 2.80. The number of para-hydroxylation sites is 2. The van der Waals surface area contributed by atoms with Gasteiger partial charge in [0.2, 0.25) is 0 Å². The number of hydrogen-bond acceptors (Lipinski definition) is 4. The second-order valence-electron chi connectivity index (χ2n) is 6.63. The number of nitrogens with zero attached hydrogens (tertiary/aromatic N) is 1. The predicted molar refractivity (Wildman–Crippen MR) is 99.2 cm³/mol. The van der Waals surface area contributed by atoms with Gasteiger partial charge in [0.05, 0.1) is 7.11 Å². The molecule has 25 heavy (non-hydrogen) atoms. The highest BCUT2D eigenvalue weighted by Gasteiger charge is 2.23. The van der Waals surface area contributed by atoms with Crippen molar-refractivity contribution in [2.75, 3.05) is 13.7 Å². The summed E-state index contributed by atoms with van der Waals surface area (Å²) in [4.78, 5) is 2.35. The number of methoxy groups -OCH3 is 1. The first-order valence-corrected chi connectivity index (χ1v) is 9.03. The number of aromatic hydroxyl groups is 1. The van der Waals surface area contributed by atoms with E-state index in [1.165, 1.54) is 5.56 Å². The van der Waals surface area contributed by atoms with Crippen LogP contribution in [0.4, 0.5) is 0 Å². The number of phenols is 1. The maximum atomic E-state index is 10.4. The molecule has 0 saturated heterocycles. The van der Waals surface area contributed by atoms with Crippen molar-refractivity contribution in [1.82, 2.24) is 4.90 Å². The van der Waals surface area contributed by atoms with Crippen LogP contribution >= 0.6 is 0 Å². The number of benzene rings is 2. The van der Waals surface area contributed by atoms with E-state index in [9.17, 15) is 5.11 Å². The van der Waals surface area contributed by atoms with Gasteiger partial charge in [-0.2, -0.15) is 0 Å². The molecule has 1 atom stereocenters. The summed E-state index contributed by atoms with van der Waals surface area (Å²) in [5.74, 6) is 1.74. The molecule has 4 heteroatoms. The summed E-state index contributed by atoms with van der Waals surface area (Å²) >= 11 is 0. The molecule has 0 spiro atoms. The van der Waals surface area contributed by atoms with Crippen molar-refractivity contribution < 1.29 is 14.6 Å².